The molecule has 0 radical (unpaired) electrons. The summed E-state index contributed by atoms with van der Waals surface area (Å²) in [5.41, 5.74) is 0. The molecule has 14 heavy (non-hydrogen) atoms. The van der Waals surface area contributed by atoms with E-state index in [1.54, 1.807) is 0 Å². The lowest BCUT2D eigenvalue weighted by Gasteiger charge is -2.15. The Morgan fingerprint density at radius 1 is 1.50 bits per heavy atom. The summed E-state index contributed by atoms with van der Waals surface area (Å²) in [4.78, 5) is 6.39. The van der Waals surface area contributed by atoms with Gasteiger partial charge in [0.25, 0.3) is 0 Å². The molecule has 84 valence electrons. The lowest BCUT2D eigenvalue weighted by molar-refractivity contribution is 0.381. The molecule has 0 spiro atoms. The molecular formula is C7H16N2O4S. The van der Waals surface area contributed by atoms with E-state index < -0.39 is 10.4 Å². The second-order valence-electron chi connectivity index (χ2n) is 3.36. The molecule has 7 heteroatoms. The highest BCUT2D eigenvalue weighted by Gasteiger charge is 2.05. The van der Waals surface area contributed by atoms with E-state index in [-0.39, 0.29) is 0 Å². The molecule has 0 saturated heterocycles. The standard InChI is InChI=1S/C7H14N2.H2O4S/c1-7(2)5-9-4-3-8-6-9;1-5(2,3)4/h6-7H,3-5H2,1-2H3;(H2,1,2,3,4). The van der Waals surface area contributed by atoms with Gasteiger partial charge in [0.15, 0.2) is 0 Å². The summed E-state index contributed by atoms with van der Waals surface area (Å²) in [6.07, 6.45) is 1.96. The van der Waals surface area contributed by atoms with Crippen LogP contribution < -0.4 is 0 Å². The van der Waals surface area contributed by atoms with Gasteiger partial charge in [-0.05, 0) is 5.92 Å². The topological polar surface area (TPSA) is 90.2 Å². The Morgan fingerprint density at radius 2 is 2.00 bits per heavy atom. The number of nitrogens with zero attached hydrogens (tertiary/aromatic N) is 2. The first-order chi connectivity index (χ1) is 6.29. The van der Waals surface area contributed by atoms with Gasteiger partial charge in [0.1, 0.15) is 0 Å². The van der Waals surface area contributed by atoms with Crippen molar-refractivity contribution in [2.24, 2.45) is 10.9 Å². The van der Waals surface area contributed by atoms with Gasteiger partial charge < -0.3 is 4.90 Å². The zero-order chi connectivity index (χ0) is 11.2. The minimum absolute atomic E-state index is 0.759. The van der Waals surface area contributed by atoms with Crippen LogP contribution in [0.25, 0.3) is 0 Å². The van der Waals surface area contributed by atoms with Crippen LogP contribution in [0, 0.1) is 5.92 Å². The predicted molar refractivity (Wildman–Crippen MR) is 53.9 cm³/mol. The van der Waals surface area contributed by atoms with Crippen molar-refractivity contribution in [2.75, 3.05) is 19.6 Å². The minimum Gasteiger partial charge on any atom is -0.361 e. The lowest BCUT2D eigenvalue weighted by atomic mass is 10.2. The molecule has 0 aromatic carbocycles. The number of hydrogen-bond donors (Lipinski definition) is 2. The van der Waals surface area contributed by atoms with Crippen LogP contribution in [-0.2, 0) is 10.4 Å². The molecular weight excluding hydrogens is 208 g/mol. The summed E-state index contributed by atoms with van der Waals surface area (Å²) in [7, 11) is -4.67. The Balaban J connectivity index is 0.000000292. The second-order valence-corrected chi connectivity index (χ2v) is 4.25. The van der Waals surface area contributed by atoms with Crippen molar-refractivity contribution in [1.82, 2.24) is 4.90 Å². The molecule has 0 saturated carbocycles. The zero-order valence-electron chi connectivity index (χ0n) is 8.29. The molecule has 0 aromatic rings. The van der Waals surface area contributed by atoms with Crippen LogP contribution in [0.15, 0.2) is 4.99 Å². The van der Waals surface area contributed by atoms with Crippen LogP contribution in [0.2, 0.25) is 0 Å². The van der Waals surface area contributed by atoms with Crippen LogP contribution in [0.1, 0.15) is 13.8 Å². The molecule has 1 aliphatic rings. The highest BCUT2D eigenvalue weighted by molar-refractivity contribution is 7.79. The van der Waals surface area contributed by atoms with Crippen molar-refractivity contribution in [3.05, 3.63) is 0 Å². The fraction of sp³-hybridized carbons (Fsp3) is 0.857. The Labute approximate surface area is 84.2 Å². The first-order valence-corrected chi connectivity index (χ1v) is 5.62. The van der Waals surface area contributed by atoms with Crippen molar-refractivity contribution in [3.63, 3.8) is 0 Å². The van der Waals surface area contributed by atoms with E-state index in [0.717, 1.165) is 25.6 Å². The zero-order valence-corrected chi connectivity index (χ0v) is 9.11. The maximum absolute atomic E-state index is 8.74. The highest BCUT2D eigenvalue weighted by Crippen LogP contribution is 1.99. The van der Waals surface area contributed by atoms with Crippen molar-refractivity contribution < 1.29 is 17.5 Å². The van der Waals surface area contributed by atoms with E-state index in [1.165, 1.54) is 0 Å². The lowest BCUT2D eigenvalue weighted by Crippen LogP contribution is -2.24. The molecule has 0 atom stereocenters. The van der Waals surface area contributed by atoms with Crippen molar-refractivity contribution >= 4 is 16.7 Å². The van der Waals surface area contributed by atoms with E-state index in [1.807, 2.05) is 6.34 Å². The second kappa shape index (κ2) is 5.94. The van der Waals surface area contributed by atoms with Crippen LogP contribution in [-0.4, -0.2) is 48.4 Å². The Bertz CT molecular complexity index is 265. The number of hydrogen-bond acceptors (Lipinski definition) is 4. The molecule has 0 fully saturated rings. The maximum Gasteiger partial charge on any atom is 0.394 e. The van der Waals surface area contributed by atoms with Gasteiger partial charge in [0.05, 0.1) is 12.9 Å². The quantitative estimate of drug-likeness (QED) is 0.660. The molecule has 0 aromatic heterocycles. The van der Waals surface area contributed by atoms with Gasteiger partial charge in [-0.2, -0.15) is 8.42 Å². The summed E-state index contributed by atoms with van der Waals surface area (Å²) in [6, 6.07) is 0. The van der Waals surface area contributed by atoms with Crippen LogP contribution >= 0.6 is 0 Å². The summed E-state index contributed by atoms with van der Waals surface area (Å²) in [5, 5.41) is 0. The smallest absolute Gasteiger partial charge is 0.361 e. The third kappa shape index (κ3) is 11.3. The van der Waals surface area contributed by atoms with Gasteiger partial charge >= 0.3 is 10.4 Å². The van der Waals surface area contributed by atoms with Gasteiger partial charge in [-0.1, -0.05) is 13.8 Å². The largest absolute Gasteiger partial charge is 0.394 e. The van der Waals surface area contributed by atoms with Gasteiger partial charge in [0.2, 0.25) is 0 Å². The van der Waals surface area contributed by atoms with Gasteiger partial charge in [-0.3, -0.25) is 14.1 Å². The predicted octanol–water partition coefficient (Wildman–Crippen LogP) is 0.334. The van der Waals surface area contributed by atoms with Crippen LogP contribution in [0.4, 0.5) is 0 Å². The molecule has 0 amide bonds. The molecule has 0 unspecified atom stereocenters. The van der Waals surface area contributed by atoms with Gasteiger partial charge in [-0.15, -0.1) is 0 Å². The van der Waals surface area contributed by atoms with E-state index in [0.29, 0.717) is 0 Å². The third-order valence-corrected chi connectivity index (χ3v) is 1.36. The monoisotopic (exact) mass is 224 g/mol. The summed E-state index contributed by atoms with van der Waals surface area (Å²) >= 11 is 0. The highest BCUT2D eigenvalue weighted by atomic mass is 32.3. The first kappa shape index (κ1) is 13.3. The molecule has 6 nitrogen and oxygen atoms in total. The SMILES string of the molecule is CC(C)CN1C=NCC1.O=S(=O)(O)O. The van der Waals surface area contributed by atoms with E-state index in [9.17, 15) is 0 Å². The maximum atomic E-state index is 8.74. The fourth-order valence-corrected chi connectivity index (χ4v) is 1.02. The van der Waals surface area contributed by atoms with Crippen LogP contribution in [0.5, 0.6) is 0 Å². The Hall–Kier alpha value is -0.660. The van der Waals surface area contributed by atoms with Gasteiger partial charge in [0, 0.05) is 13.1 Å². The molecule has 0 bridgehead atoms. The first-order valence-electron chi connectivity index (χ1n) is 4.23. The number of rotatable bonds is 2. The Morgan fingerprint density at radius 3 is 2.29 bits per heavy atom. The summed E-state index contributed by atoms with van der Waals surface area (Å²) in [6.45, 7) is 7.73. The van der Waals surface area contributed by atoms with Crippen molar-refractivity contribution in [3.8, 4) is 0 Å². The van der Waals surface area contributed by atoms with Crippen LogP contribution in [0.3, 0.4) is 0 Å². The van der Waals surface area contributed by atoms with Crippen molar-refractivity contribution in [2.45, 2.75) is 13.8 Å². The average molecular weight is 224 g/mol. The van der Waals surface area contributed by atoms with E-state index in [4.69, 9.17) is 17.5 Å². The third-order valence-electron chi connectivity index (χ3n) is 1.36. The minimum atomic E-state index is -4.67. The fourth-order valence-electron chi connectivity index (χ4n) is 1.02. The normalized spacial score (nSPS) is 15.6. The van der Waals surface area contributed by atoms with E-state index >= 15 is 0 Å². The Kier molecular flexibility index (Phi) is 5.66. The van der Waals surface area contributed by atoms with Gasteiger partial charge in [-0.25, -0.2) is 0 Å². The summed E-state index contributed by atoms with van der Waals surface area (Å²) < 4.78 is 31.6. The molecule has 1 heterocycles. The average Bonchev–Trinajstić information content (AvgIpc) is 2.33. The molecule has 2 N–H and O–H groups in total. The molecule has 1 rings (SSSR count). The van der Waals surface area contributed by atoms with E-state index in [2.05, 4.69) is 23.7 Å². The summed E-state index contributed by atoms with van der Waals surface area (Å²) in [5.74, 6) is 0.759. The van der Waals surface area contributed by atoms with Crippen molar-refractivity contribution in [1.29, 1.82) is 0 Å². The molecule has 1 aliphatic heterocycles. The number of aliphatic imine (C=N–C) groups is 1. The molecule has 0 aliphatic carbocycles.